The standard InChI is InChI=1S/C15H23FN2/c1-11-4-2-5-12(10-11)8-9-18-14-7-3-6-13(16)15(14)17/h3,6-7,11-12,18H,2,4-5,8-10,17H2,1H3. The minimum atomic E-state index is -0.341. The molecule has 1 aromatic carbocycles. The van der Waals surface area contributed by atoms with Crippen molar-refractivity contribution in [2.45, 2.75) is 39.0 Å². The van der Waals surface area contributed by atoms with E-state index in [1.807, 2.05) is 6.07 Å². The Bertz CT molecular complexity index is 392. The molecule has 0 bridgehead atoms. The highest BCUT2D eigenvalue weighted by atomic mass is 19.1. The molecule has 2 unspecified atom stereocenters. The molecule has 2 atom stereocenters. The van der Waals surface area contributed by atoms with Crippen molar-refractivity contribution >= 4 is 11.4 Å². The van der Waals surface area contributed by atoms with E-state index >= 15 is 0 Å². The monoisotopic (exact) mass is 250 g/mol. The lowest BCUT2D eigenvalue weighted by Crippen LogP contribution is -2.17. The van der Waals surface area contributed by atoms with E-state index in [1.165, 1.54) is 31.7 Å². The predicted octanol–water partition coefficient (Wildman–Crippen LogP) is 4.04. The summed E-state index contributed by atoms with van der Waals surface area (Å²) in [5, 5.41) is 3.25. The van der Waals surface area contributed by atoms with Gasteiger partial charge in [0, 0.05) is 6.54 Å². The Kier molecular flexibility index (Phi) is 4.45. The minimum Gasteiger partial charge on any atom is -0.395 e. The number of benzene rings is 1. The van der Waals surface area contributed by atoms with Gasteiger partial charge in [-0.15, -0.1) is 0 Å². The number of hydrogen-bond acceptors (Lipinski definition) is 2. The van der Waals surface area contributed by atoms with Crippen molar-refractivity contribution in [1.29, 1.82) is 0 Å². The van der Waals surface area contributed by atoms with Gasteiger partial charge in [0.1, 0.15) is 5.82 Å². The number of halogens is 1. The van der Waals surface area contributed by atoms with Crippen LogP contribution in [0.25, 0.3) is 0 Å². The van der Waals surface area contributed by atoms with Crippen LogP contribution in [0.1, 0.15) is 39.0 Å². The van der Waals surface area contributed by atoms with E-state index in [2.05, 4.69) is 12.2 Å². The Hall–Kier alpha value is -1.25. The quantitative estimate of drug-likeness (QED) is 0.792. The Labute approximate surface area is 109 Å². The van der Waals surface area contributed by atoms with E-state index in [-0.39, 0.29) is 11.5 Å². The molecule has 2 nitrogen and oxygen atoms in total. The van der Waals surface area contributed by atoms with Gasteiger partial charge in [-0.2, -0.15) is 0 Å². The first-order chi connectivity index (χ1) is 8.66. The van der Waals surface area contributed by atoms with Crippen molar-refractivity contribution in [2.75, 3.05) is 17.6 Å². The van der Waals surface area contributed by atoms with Gasteiger partial charge in [-0.05, 0) is 36.8 Å². The molecule has 0 aromatic heterocycles. The molecule has 1 saturated carbocycles. The molecule has 100 valence electrons. The van der Waals surface area contributed by atoms with Gasteiger partial charge in [-0.25, -0.2) is 4.39 Å². The molecule has 0 saturated heterocycles. The lowest BCUT2D eigenvalue weighted by atomic mass is 9.81. The zero-order valence-electron chi connectivity index (χ0n) is 11.1. The molecule has 0 aliphatic heterocycles. The van der Waals surface area contributed by atoms with Crippen molar-refractivity contribution in [3.8, 4) is 0 Å². The van der Waals surface area contributed by atoms with Crippen LogP contribution in [0.2, 0.25) is 0 Å². The van der Waals surface area contributed by atoms with Crippen molar-refractivity contribution in [3.63, 3.8) is 0 Å². The van der Waals surface area contributed by atoms with Gasteiger partial charge < -0.3 is 11.1 Å². The number of nitrogens with one attached hydrogen (secondary N) is 1. The van der Waals surface area contributed by atoms with Crippen LogP contribution in [0.3, 0.4) is 0 Å². The van der Waals surface area contributed by atoms with Gasteiger partial charge >= 0.3 is 0 Å². The van der Waals surface area contributed by atoms with Crippen LogP contribution in [0.5, 0.6) is 0 Å². The smallest absolute Gasteiger partial charge is 0.148 e. The zero-order chi connectivity index (χ0) is 13.0. The first-order valence-electron chi connectivity index (χ1n) is 6.94. The lowest BCUT2D eigenvalue weighted by Gasteiger charge is -2.26. The third kappa shape index (κ3) is 3.37. The molecule has 0 amide bonds. The van der Waals surface area contributed by atoms with E-state index in [4.69, 9.17) is 5.73 Å². The lowest BCUT2D eigenvalue weighted by molar-refractivity contribution is 0.274. The van der Waals surface area contributed by atoms with Crippen LogP contribution in [0.4, 0.5) is 15.8 Å². The average Bonchev–Trinajstić information content (AvgIpc) is 2.35. The minimum absolute atomic E-state index is 0.231. The second-order valence-electron chi connectivity index (χ2n) is 5.55. The Morgan fingerprint density at radius 3 is 3.00 bits per heavy atom. The molecule has 18 heavy (non-hydrogen) atoms. The Morgan fingerprint density at radius 2 is 2.22 bits per heavy atom. The Morgan fingerprint density at radius 1 is 1.39 bits per heavy atom. The Balaban J connectivity index is 1.79. The molecule has 0 spiro atoms. The summed E-state index contributed by atoms with van der Waals surface area (Å²) in [4.78, 5) is 0. The van der Waals surface area contributed by atoms with E-state index in [0.29, 0.717) is 0 Å². The molecule has 3 N–H and O–H groups in total. The highest BCUT2D eigenvalue weighted by Crippen LogP contribution is 2.30. The second-order valence-corrected chi connectivity index (χ2v) is 5.55. The summed E-state index contributed by atoms with van der Waals surface area (Å²) in [5.74, 6) is 1.34. The third-order valence-corrected chi connectivity index (χ3v) is 3.97. The molecule has 0 radical (unpaired) electrons. The fourth-order valence-corrected chi connectivity index (χ4v) is 2.92. The van der Waals surface area contributed by atoms with Crippen LogP contribution < -0.4 is 11.1 Å². The molecule has 0 heterocycles. The molecule has 1 aromatic rings. The van der Waals surface area contributed by atoms with Crippen LogP contribution in [-0.4, -0.2) is 6.54 Å². The van der Waals surface area contributed by atoms with Crippen molar-refractivity contribution < 1.29 is 4.39 Å². The van der Waals surface area contributed by atoms with Gasteiger partial charge in [0.25, 0.3) is 0 Å². The summed E-state index contributed by atoms with van der Waals surface area (Å²) in [6, 6.07) is 4.92. The van der Waals surface area contributed by atoms with Gasteiger partial charge in [0.05, 0.1) is 11.4 Å². The number of nitrogens with two attached hydrogens (primary N) is 1. The van der Waals surface area contributed by atoms with E-state index in [1.54, 1.807) is 6.07 Å². The summed E-state index contributed by atoms with van der Waals surface area (Å²) in [6.07, 6.45) is 6.56. The highest BCUT2D eigenvalue weighted by molar-refractivity contribution is 5.66. The molecular formula is C15H23FN2. The average molecular weight is 250 g/mol. The van der Waals surface area contributed by atoms with Gasteiger partial charge in [0.15, 0.2) is 0 Å². The summed E-state index contributed by atoms with van der Waals surface area (Å²) in [7, 11) is 0. The summed E-state index contributed by atoms with van der Waals surface area (Å²) in [6.45, 7) is 3.22. The normalized spacial score (nSPS) is 23.9. The highest BCUT2D eigenvalue weighted by Gasteiger charge is 2.18. The second kappa shape index (κ2) is 6.07. The molecule has 2 rings (SSSR count). The summed E-state index contributed by atoms with van der Waals surface area (Å²) < 4.78 is 13.2. The van der Waals surface area contributed by atoms with Crippen LogP contribution >= 0.6 is 0 Å². The van der Waals surface area contributed by atoms with Crippen LogP contribution in [-0.2, 0) is 0 Å². The number of hydrogen-bond donors (Lipinski definition) is 2. The van der Waals surface area contributed by atoms with E-state index in [9.17, 15) is 4.39 Å². The maximum atomic E-state index is 13.2. The first-order valence-corrected chi connectivity index (χ1v) is 6.94. The van der Waals surface area contributed by atoms with Crippen molar-refractivity contribution in [1.82, 2.24) is 0 Å². The summed E-state index contributed by atoms with van der Waals surface area (Å²) >= 11 is 0. The van der Waals surface area contributed by atoms with Crippen molar-refractivity contribution in [3.05, 3.63) is 24.0 Å². The number of rotatable bonds is 4. The maximum Gasteiger partial charge on any atom is 0.148 e. The largest absolute Gasteiger partial charge is 0.395 e. The number of para-hydroxylation sites is 1. The summed E-state index contributed by atoms with van der Waals surface area (Å²) in [5.41, 5.74) is 6.64. The SMILES string of the molecule is CC1CCCC(CCNc2cccc(F)c2N)C1. The number of nitrogen functional groups attached to an aromatic ring is 1. The zero-order valence-corrected chi connectivity index (χ0v) is 11.1. The molecule has 1 fully saturated rings. The van der Waals surface area contributed by atoms with Gasteiger partial charge in [0.2, 0.25) is 0 Å². The van der Waals surface area contributed by atoms with Gasteiger partial charge in [-0.1, -0.05) is 32.3 Å². The van der Waals surface area contributed by atoms with E-state index in [0.717, 1.165) is 30.5 Å². The topological polar surface area (TPSA) is 38.0 Å². The molecule has 1 aliphatic carbocycles. The maximum absolute atomic E-state index is 13.2. The van der Waals surface area contributed by atoms with E-state index < -0.39 is 0 Å². The van der Waals surface area contributed by atoms with Crippen LogP contribution in [0.15, 0.2) is 18.2 Å². The molecule has 1 aliphatic rings. The molecule has 3 heteroatoms. The first kappa shape index (κ1) is 13.2. The van der Waals surface area contributed by atoms with Crippen LogP contribution in [0, 0.1) is 17.7 Å². The predicted molar refractivity (Wildman–Crippen MR) is 75.0 cm³/mol. The van der Waals surface area contributed by atoms with Gasteiger partial charge in [-0.3, -0.25) is 0 Å². The molecular weight excluding hydrogens is 227 g/mol. The fourth-order valence-electron chi connectivity index (χ4n) is 2.92. The third-order valence-electron chi connectivity index (χ3n) is 3.97. The van der Waals surface area contributed by atoms with Crippen molar-refractivity contribution in [2.24, 2.45) is 11.8 Å². The number of anilines is 2. The fraction of sp³-hybridized carbons (Fsp3) is 0.600.